The normalized spacial score (nSPS) is 12.6. The highest BCUT2D eigenvalue weighted by molar-refractivity contribution is 8.01. The van der Waals surface area contributed by atoms with Gasteiger partial charge >= 0.3 is 0 Å². The fraction of sp³-hybridized carbons (Fsp3) is 0.308. The fourth-order valence-electron chi connectivity index (χ4n) is 1.50. The van der Waals surface area contributed by atoms with Crippen molar-refractivity contribution < 1.29 is 0 Å². The lowest BCUT2D eigenvalue weighted by Crippen LogP contribution is -2.07. The van der Waals surface area contributed by atoms with Gasteiger partial charge in [0, 0.05) is 22.0 Å². The number of benzene rings is 1. The summed E-state index contributed by atoms with van der Waals surface area (Å²) in [5, 5.41) is 2.07. The van der Waals surface area contributed by atoms with Crippen LogP contribution in [0.15, 0.2) is 38.9 Å². The molecule has 0 saturated heterocycles. The van der Waals surface area contributed by atoms with Gasteiger partial charge in [-0.3, -0.25) is 0 Å². The molecule has 2 rings (SSSR count). The van der Waals surface area contributed by atoms with Gasteiger partial charge in [0.15, 0.2) is 4.34 Å². The van der Waals surface area contributed by atoms with E-state index in [2.05, 4.69) is 41.6 Å². The van der Waals surface area contributed by atoms with Crippen LogP contribution in [-0.4, -0.2) is 4.98 Å². The van der Waals surface area contributed by atoms with Crippen molar-refractivity contribution in [2.45, 2.75) is 35.5 Å². The van der Waals surface area contributed by atoms with Crippen LogP contribution in [0.5, 0.6) is 0 Å². The SMILES string of the molecule is CC[C@@H](N)c1ccc(Sc2nc(C)cs2)cc1. The number of hydrogen-bond acceptors (Lipinski definition) is 4. The largest absolute Gasteiger partial charge is 0.324 e. The predicted molar refractivity (Wildman–Crippen MR) is 74.6 cm³/mol. The zero-order chi connectivity index (χ0) is 12.3. The molecule has 0 unspecified atom stereocenters. The summed E-state index contributed by atoms with van der Waals surface area (Å²) in [5.74, 6) is 0. The van der Waals surface area contributed by atoms with Crippen LogP contribution in [0.4, 0.5) is 0 Å². The summed E-state index contributed by atoms with van der Waals surface area (Å²) in [6, 6.07) is 8.60. The maximum absolute atomic E-state index is 5.98. The third kappa shape index (κ3) is 3.31. The highest BCUT2D eigenvalue weighted by Crippen LogP contribution is 2.30. The van der Waals surface area contributed by atoms with Crippen LogP contribution >= 0.6 is 23.1 Å². The molecule has 0 bridgehead atoms. The summed E-state index contributed by atoms with van der Waals surface area (Å²) in [6.07, 6.45) is 0.970. The Morgan fingerprint density at radius 2 is 2.06 bits per heavy atom. The molecule has 0 aliphatic rings. The molecule has 1 aromatic carbocycles. The van der Waals surface area contributed by atoms with Gasteiger partial charge < -0.3 is 5.73 Å². The molecule has 1 heterocycles. The number of nitrogens with zero attached hydrogens (tertiary/aromatic N) is 1. The van der Waals surface area contributed by atoms with E-state index in [0.29, 0.717) is 0 Å². The molecule has 0 spiro atoms. The molecule has 0 fully saturated rings. The summed E-state index contributed by atoms with van der Waals surface area (Å²) in [4.78, 5) is 5.65. The van der Waals surface area contributed by atoms with Crippen LogP contribution in [0.1, 0.15) is 30.6 Å². The quantitative estimate of drug-likeness (QED) is 0.906. The molecule has 2 N–H and O–H groups in total. The molecule has 2 aromatic rings. The third-order valence-electron chi connectivity index (χ3n) is 2.55. The van der Waals surface area contributed by atoms with E-state index in [1.165, 1.54) is 10.5 Å². The van der Waals surface area contributed by atoms with E-state index in [9.17, 15) is 0 Å². The first-order chi connectivity index (χ1) is 8.19. The van der Waals surface area contributed by atoms with Crippen molar-refractivity contribution in [3.63, 3.8) is 0 Å². The summed E-state index contributed by atoms with van der Waals surface area (Å²) in [6.45, 7) is 4.12. The van der Waals surface area contributed by atoms with E-state index in [-0.39, 0.29) is 6.04 Å². The molecule has 90 valence electrons. The number of nitrogens with two attached hydrogens (primary N) is 1. The highest BCUT2D eigenvalue weighted by atomic mass is 32.2. The molecule has 0 amide bonds. The molecular weight excluding hydrogens is 248 g/mol. The van der Waals surface area contributed by atoms with Crippen LogP contribution in [0.2, 0.25) is 0 Å². The third-order valence-corrected chi connectivity index (χ3v) is 4.62. The lowest BCUT2D eigenvalue weighted by Gasteiger charge is -2.09. The number of aromatic nitrogens is 1. The Morgan fingerprint density at radius 3 is 2.59 bits per heavy atom. The van der Waals surface area contributed by atoms with Crippen molar-refractivity contribution in [2.24, 2.45) is 5.73 Å². The van der Waals surface area contributed by atoms with Gasteiger partial charge in [0.2, 0.25) is 0 Å². The first-order valence-electron chi connectivity index (χ1n) is 5.64. The number of rotatable bonds is 4. The fourth-order valence-corrected chi connectivity index (χ4v) is 3.31. The van der Waals surface area contributed by atoms with Gasteiger partial charge in [0.1, 0.15) is 0 Å². The lowest BCUT2D eigenvalue weighted by atomic mass is 10.1. The van der Waals surface area contributed by atoms with Crippen molar-refractivity contribution in [2.75, 3.05) is 0 Å². The van der Waals surface area contributed by atoms with E-state index < -0.39 is 0 Å². The van der Waals surface area contributed by atoms with Crippen LogP contribution < -0.4 is 5.73 Å². The van der Waals surface area contributed by atoms with E-state index in [0.717, 1.165) is 16.5 Å². The molecule has 1 atom stereocenters. The van der Waals surface area contributed by atoms with Gasteiger partial charge in [-0.25, -0.2) is 4.98 Å². The summed E-state index contributed by atoms with van der Waals surface area (Å²) >= 11 is 3.39. The number of aryl methyl sites for hydroxylation is 1. The zero-order valence-electron chi connectivity index (χ0n) is 10.0. The number of thiazole rings is 1. The van der Waals surface area contributed by atoms with E-state index in [1.807, 2.05) is 6.92 Å². The Kier molecular flexibility index (Phi) is 4.20. The Bertz CT molecular complexity index is 476. The first-order valence-corrected chi connectivity index (χ1v) is 7.34. The van der Waals surface area contributed by atoms with Crippen LogP contribution in [0.3, 0.4) is 0 Å². The van der Waals surface area contributed by atoms with Crippen LogP contribution in [0, 0.1) is 6.92 Å². The molecule has 0 aliphatic heterocycles. The predicted octanol–water partition coefficient (Wildman–Crippen LogP) is 4.01. The minimum absolute atomic E-state index is 0.149. The highest BCUT2D eigenvalue weighted by Gasteiger charge is 2.05. The van der Waals surface area contributed by atoms with E-state index in [4.69, 9.17) is 5.73 Å². The second kappa shape index (κ2) is 5.67. The lowest BCUT2D eigenvalue weighted by molar-refractivity contribution is 0.698. The minimum Gasteiger partial charge on any atom is -0.324 e. The summed E-state index contributed by atoms with van der Waals surface area (Å²) < 4.78 is 1.09. The van der Waals surface area contributed by atoms with Gasteiger partial charge in [0.05, 0.1) is 0 Å². The zero-order valence-corrected chi connectivity index (χ0v) is 11.6. The molecular formula is C13H16N2S2. The van der Waals surface area contributed by atoms with Crippen molar-refractivity contribution in [1.82, 2.24) is 4.98 Å². The van der Waals surface area contributed by atoms with Crippen molar-refractivity contribution in [3.05, 3.63) is 40.9 Å². The van der Waals surface area contributed by atoms with E-state index >= 15 is 0 Å². The van der Waals surface area contributed by atoms with Gasteiger partial charge in [0.25, 0.3) is 0 Å². The monoisotopic (exact) mass is 264 g/mol. The molecule has 0 aliphatic carbocycles. The maximum Gasteiger partial charge on any atom is 0.154 e. The van der Waals surface area contributed by atoms with Gasteiger partial charge in [-0.05, 0) is 31.0 Å². The van der Waals surface area contributed by atoms with Crippen molar-refractivity contribution >= 4 is 23.1 Å². The smallest absolute Gasteiger partial charge is 0.154 e. The molecule has 0 saturated carbocycles. The Morgan fingerprint density at radius 1 is 1.35 bits per heavy atom. The van der Waals surface area contributed by atoms with Gasteiger partial charge in [-0.1, -0.05) is 30.8 Å². The molecule has 4 heteroatoms. The van der Waals surface area contributed by atoms with Crippen molar-refractivity contribution in [1.29, 1.82) is 0 Å². The second-order valence-corrected chi connectivity index (χ2v) is 6.12. The Balaban J connectivity index is 2.08. The molecule has 17 heavy (non-hydrogen) atoms. The summed E-state index contributed by atoms with van der Waals surface area (Å²) in [7, 11) is 0. The second-order valence-electron chi connectivity index (χ2n) is 3.94. The Hall–Kier alpha value is -0.840. The molecule has 2 nitrogen and oxygen atoms in total. The van der Waals surface area contributed by atoms with Gasteiger partial charge in [-0.2, -0.15) is 0 Å². The molecule has 1 aromatic heterocycles. The van der Waals surface area contributed by atoms with Gasteiger partial charge in [-0.15, -0.1) is 11.3 Å². The van der Waals surface area contributed by atoms with Crippen molar-refractivity contribution in [3.8, 4) is 0 Å². The minimum atomic E-state index is 0.149. The molecule has 0 radical (unpaired) electrons. The standard InChI is InChI=1S/C13H16N2S2/c1-3-12(14)10-4-6-11(7-5-10)17-13-15-9(2)8-16-13/h4-8,12H,3,14H2,1-2H3/t12-/m1/s1. The first kappa shape index (κ1) is 12.6. The van der Waals surface area contributed by atoms with E-state index in [1.54, 1.807) is 23.1 Å². The van der Waals surface area contributed by atoms with Crippen LogP contribution in [0.25, 0.3) is 0 Å². The topological polar surface area (TPSA) is 38.9 Å². The average molecular weight is 264 g/mol. The van der Waals surface area contributed by atoms with Crippen LogP contribution in [-0.2, 0) is 0 Å². The average Bonchev–Trinajstić information content (AvgIpc) is 2.75. The Labute approximate surface area is 110 Å². The summed E-state index contributed by atoms with van der Waals surface area (Å²) in [5.41, 5.74) is 8.27. The number of hydrogen-bond donors (Lipinski definition) is 1. The maximum atomic E-state index is 5.98.